The topological polar surface area (TPSA) is 49.4 Å². The van der Waals surface area contributed by atoms with Crippen molar-refractivity contribution in [3.8, 4) is 0 Å². The van der Waals surface area contributed by atoms with E-state index in [9.17, 15) is 9.59 Å². The Morgan fingerprint density at radius 3 is 2.31 bits per heavy atom. The van der Waals surface area contributed by atoms with Gasteiger partial charge in [0.05, 0.1) is 5.75 Å². The molecule has 2 aromatic carbocycles. The van der Waals surface area contributed by atoms with Crippen molar-refractivity contribution in [2.75, 3.05) is 5.75 Å². The molecule has 2 atom stereocenters. The number of halogens is 1. The van der Waals surface area contributed by atoms with Gasteiger partial charge in [0.25, 0.3) is 0 Å². The molecule has 2 rings (SSSR count). The molecule has 0 radical (unpaired) electrons. The highest BCUT2D eigenvalue weighted by Gasteiger charge is 2.26. The van der Waals surface area contributed by atoms with Crippen molar-refractivity contribution < 1.29 is 9.59 Å². The van der Waals surface area contributed by atoms with E-state index in [1.54, 1.807) is 23.6 Å². The Morgan fingerprint density at radius 1 is 1.03 bits per heavy atom. The minimum atomic E-state index is -0.523. The predicted molar refractivity (Wildman–Crippen MR) is 125 cm³/mol. The van der Waals surface area contributed by atoms with Gasteiger partial charge in [-0.25, -0.2) is 0 Å². The summed E-state index contributed by atoms with van der Waals surface area (Å²) < 4.78 is 1.04. The van der Waals surface area contributed by atoms with Crippen LogP contribution < -0.4 is 5.32 Å². The number of thioether (sulfide) groups is 1. The van der Waals surface area contributed by atoms with Gasteiger partial charge in [0.15, 0.2) is 0 Å². The first-order chi connectivity index (χ1) is 13.9. The van der Waals surface area contributed by atoms with Gasteiger partial charge in [0.2, 0.25) is 11.8 Å². The van der Waals surface area contributed by atoms with Crippen LogP contribution in [0.2, 0.25) is 0 Å². The van der Waals surface area contributed by atoms with Crippen molar-refractivity contribution in [3.05, 3.63) is 70.2 Å². The molecule has 0 heterocycles. The van der Waals surface area contributed by atoms with Gasteiger partial charge < -0.3 is 10.2 Å². The van der Waals surface area contributed by atoms with Crippen LogP contribution in [-0.4, -0.2) is 34.6 Å². The summed E-state index contributed by atoms with van der Waals surface area (Å²) >= 11 is 5.00. The molecule has 0 aliphatic carbocycles. The summed E-state index contributed by atoms with van der Waals surface area (Å²) in [6.45, 7) is 6.23. The van der Waals surface area contributed by atoms with Gasteiger partial charge >= 0.3 is 0 Å². The zero-order valence-corrected chi connectivity index (χ0v) is 19.6. The van der Waals surface area contributed by atoms with Crippen molar-refractivity contribution in [1.29, 1.82) is 0 Å². The van der Waals surface area contributed by atoms with E-state index in [2.05, 4.69) is 21.2 Å². The standard InChI is InChI=1S/C23H29BrN2O2S/c1-4-17(2)25-23(28)18(3)26(14-19-8-6-5-7-9-19)22(27)16-29-15-20-10-12-21(24)13-11-20/h5-13,17-18H,4,14-16H2,1-3H3,(H,25,28). The van der Waals surface area contributed by atoms with Crippen molar-refractivity contribution >= 4 is 39.5 Å². The molecule has 2 unspecified atom stereocenters. The fourth-order valence-corrected chi connectivity index (χ4v) is 3.88. The molecule has 156 valence electrons. The summed E-state index contributed by atoms with van der Waals surface area (Å²) in [7, 11) is 0. The number of hydrogen-bond acceptors (Lipinski definition) is 3. The number of nitrogens with zero attached hydrogens (tertiary/aromatic N) is 1. The van der Waals surface area contributed by atoms with Gasteiger partial charge in [-0.1, -0.05) is 65.3 Å². The minimum absolute atomic E-state index is 0.0252. The van der Waals surface area contributed by atoms with Gasteiger partial charge in [0, 0.05) is 22.8 Å². The molecule has 29 heavy (non-hydrogen) atoms. The lowest BCUT2D eigenvalue weighted by atomic mass is 10.1. The van der Waals surface area contributed by atoms with Crippen LogP contribution in [0, 0.1) is 0 Å². The summed E-state index contributed by atoms with van der Waals surface area (Å²) in [5, 5.41) is 2.99. The normalized spacial score (nSPS) is 12.8. The van der Waals surface area contributed by atoms with Crippen molar-refractivity contribution in [3.63, 3.8) is 0 Å². The van der Waals surface area contributed by atoms with Gasteiger partial charge in [-0.2, -0.15) is 0 Å². The second-order valence-electron chi connectivity index (χ2n) is 7.12. The Labute approximate surface area is 186 Å². The monoisotopic (exact) mass is 476 g/mol. The number of hydrogen-bond donors (Lipinski definition) is 1. The number of amides is 2. The van der Waals surface area contributed by atoms with E-state index in [0.717, 1.165) is 22.2 Å². The van der Waals surface area contributed by atoms with Crippen molar-refractivity contribution in [2.45, 2.75) is 51.6 Å². The van der Waals surface area contributed by atoms with Crippen molar-refractivity contribution in [1.82, 2.24) is 10.2 Å². The smallest absolute Gasteiger partial charge is 0.242 e. The van der Waals surface area contributed by atoms with E-state index in [4.69, 9.17) is 0 Å². The fourth-order valence-electron chi connectivity index (χ4n) is 2.75. The molecule has 1 N–H and O–H groups in total. The molecule has 0 fully saturated rings. The quantitative estimate of drug-likeness (QED) is 0.523. The maximum absolute atomic E-state index is 13.0. The molecule has 4 nitrogen and oxygen atoms in total. The highest BCUT2D eigenvalue weighted by molar-refractivity contribution is 9.10. The lowest BCUT2D eigenvalue weighted by molar-refractivity contribution is -0.138. The molecule has 2 aromatic rings. The summed E-state index contributed by atoms with van der Waals surface area (Å²) in [5.74, 6) is 0.958. The van der Waals surface area contributed by atoms with Gasteiger partial charge in [-0.15, -0.1) is 11.8 Å². The van der Waals surface area contributed by atoms with Crippen molar-refractivity contribution in [2.24, 2.45) is 0 Å². The van der Waals surface area contributed by atoms with Crippen LogP contribution in [0.5, 0.6) is 0 Å². The molecule has 0 bridgehead atoms. The summed E-state index contributed by atoms with van der Waals surface area (Å²) in [4.78, 5) is 27.4. The average molecular weight is 477 g/mol. The Balaban J connectivity index is 2.03. The highest BCUT2D eigenvalue weighted by atomic mass is 79.9. The van der Waals surface area contributed by atoms with Crippen LogP contribution >= 0.6 is 27.7 Å². The number of carbonyl (C=O) groups excluding carboxylic acids is 2. The number of carbonyl (C=O) groups is 2. The molecule has 0 saturated carbocycles. The lowest BCUT2D eigenvalue weighted by Crippen LogP contribution is -2.50. The first kappa shape index (κ1) is 23.5. The third-order valence-corrected chi connectivity index (χ3v) is 6.29. The Bertz CT molecular complexity index is 783. The summed E-state index contributed by atoms with van der Waals surface area (Å²) in [5.41, 5.74) is 2.19. The van der Waals surface area contributed by atoms with E-state index in [1.807, 2.05) is 68.4 Å². The fraction of sp³-hybridized carbons (Fsp3) is 0.391. The third kappa shape index (κ3) is 7.86. The molecule has 0 spiro atoms. The first-order valence-corrected chi connectivity index (χ1v) is 11.8. The molecule has 0 aliphatic rings. The Kier molecular flexibility index (Phi) is 9.74. The summed E-state index contributed by atoms with van der Waals surface area (Å²) in [6, 6.07) is 17.5. The first-order valence-electron chi connectivity index (χ1n) is 9.86. The van der Waals surface area contributed by atoms with E-state index in [-0.39, 0.29) is 17.9 Å². The van der Waals surface area contributed by atoms with Crippen LogP contribution in [0.4, 0.5) is 0 Å². The van der Waals surface area contributed by atoms with Crippen LogP contribution in [-0.2, 0) is 21.9 Å². The minimum Gasteiger partial charge on any atom is -0.352 e. The Morgan fingerprint density at radius 2 is 1.69 bits per heavy atom. The molecular formula is C23H29BrN2O2S. The van der Waals surface area contributed by atoms with E-state index in [0.29, 0.717) is 12.3 Å². The largest absolute Gasteiger partial charge is 0.352 e. The second kappa shape index (κ2) is 12.0. The molecule has 0 aliphatic heterocycles. The maximum atomic E-state index is 13.0. The van der Waals surface area contributed by atoms with Crippen LogP contribution in [0.3, 0.4) is 0 Å². The molecular weight excluding hydrogens is 448 g/mol. The maximum Gasteiger partial charge on any atom is 0.242 e. The van der Waals surface area contributed by atoms with Crippen LogP contribution in [0.1, 0.15) is 38.3 Å². The third-order valence-electron chi connectivity index (χ3n) is 4.77. The van der Waals surface area contributed by atoms with E-state index >= 15 is 0 Å². The zero-order valence-electron chi connectivity index (χ0n) is 17.2. The lowest BCUT2D eigenvalue weighted by Gasteiger charge is -2.29. The van der Waals surface area contributed by atoms with E-state index < -0.39 is 6.04 Å². The molecule has 0 aromatic heterocycles. The number of rotatable bonds is 10. The highest BCUT2D eigenvalue weighted by Crippen LogP contribution is 2.18. The van der Waals surface area contributed by atoms with Crippen LogP contribution in [0.25, 0.3) is 0 Å². The molecule has 0 saturated heterocycles. The number of nitrogens with one attached hydrogen (secondary N) is 1. The van der Waals surface area contributed by atoms with Gasteiger partial charge in [-0.3, -0.25) is 9.59 Å². The zero-order chi connectivity index (χ0) is 21.2. The second-order valence-corrected chi connectivity index (χ2v) is 9.02. The average Bonchev–Trinajstić information content (AvgIpc) is 2.73. The SMILES string of the molecule is CCC(C)NC(=O)C(C)N(Cc1ccccc1)C(=O)CSCc1ccc(Br)cc1. The molecule has 6 heteroatoms. The van der Waals surface area contributed by atoms with Gasteiger partial charge in [-0.05, 0) is 43.5 Å². The van der Waals surface area contributed by atoms with Crippen LogP contribution in [0.15, 0.2) is 59.1 Å². The number of benzene rings is 2. The molecule has 2 amide bonds. The Hall–Kier alpha value is -1.79. The predicted octanol–water partition coefficient (Wildman–Crippen LogP) is 5.01. The van der Waals surface area contributed by atoms with Gasteiger partial charge in [0.1, 0.15) is 6.04 Å². The van der Waals surface area contributed by atoms with E-state index in [1.165, 1.54) is 5.56 Å². The summed E-state index contributed by atoms with van der Waals surface area (Å²) in [6.07, 6.45) is 0.855.